The number of hydrogen-bond donors (Lipinski definition) is 1. The van der Waals surface area contributed by atoms with E-state index < -0.39 is 49.3 Å². The fourth-order valence-corrected chi connectivity index (χ4v) is 4.62. The quantitative estimate of drug-likeness (QED) is 0.666. The van der Waals surface area contributed by atoms with Crippen molar-refractivity contribution < 1.29 is 35.2 Å². The van der Waals surface area contributed by atoms with E-state index in [-0.39, 0.29) is 31.9 Å². The van der Waals surface area contributed by atoms with Crippen molar-refractivity contribution in [3.8, 4) is 0 Å². The van der Waals surface area contributed by atoms with Crippen LogP contribution in [0.2, 0.25) is 5.02 Å². The Hall–Kier alpha value is -2.44. The van der Waals surface area contributed by atoms with Gasteiger partial charge in [-0.15, -0.1) is 0 Å². The summed E-state index contributed by atoms with van der Waals surface area (Å²) in [4.78, 5) is 12.9. The van der Waals surface area contributed by atoms with Crippen LogP contribution in [0.15, 0.2) is 41.3 Å². The first kappa shape index (κ1) is 23.2. The van der Waals surface area contributed by atoms with E-state index in [4.69, 9.17) is 11.6 Å². The zero-order valence-electron chi connectivity index (χ0n) is 15.6. The number of anilines is 1. The zero-order valence-corrected chi connectivity index (χ0v) is 17.2. The average Bonchev–Trinajstić information content (AvgIpc) is 2.69. The van der Waals surface area contributed by atoms with Gasteiger partial charge in [0.15, 0.2) is 0 Å². The van der Waals surface area contributed by atoms with Crippen LogP contribution < -0.4 is 5.32 Å². The van der Waals surface area contributed by atoms with Gasteiger partial charge in [-0.2, -0.15) is 17.5 Å². The zero-order chi connectivity index (χ0) is 23.0. The van der Waals surface area contributed by atoms with E-state index in [1.807, 2.05) is 0 Å². The van der Waals surface area contributed by atoms with E-state index in [9.17, 15) is 35.2 Å². The van der Waals surface area contributed by atoms with Crippen LogP contribution in [0.4, 0.5) is 32.4 Å². The standard InChI is InChI=1S/C18H15ClF5N3O3S/c19-14-3-2-12(10-13(14)18(22,23)24)31(29,30)27-7-5-26(6-8-27)17(28)25-16-4-1-11(20)9-15(16)21/h1-4,9-10H,5-8H2,(H,25,28). The maximum absolute atomic E-state index is 13.7. The molecule has 1 fully saturated rings. The molecule has 1 aliphatic heterocycles. The number of carbonyl (C=O) groups excluding carboxylic acids is 1. The van der Waals surface area contributed by atoms with Crippen LogP contribution in [0, 0.1) is 11.6 Å². The van der Waals surface area contributed by atoms with Crippen molar-refractivity contribution in [2.75, 3.05) is 31.5 Å². The number of halogens is 6. The van der Waals surface area contributed by atoms with E-state index in [0.717, 1.165) is 28.6 Å². The molecule has 0 radical (unpaired) electrons. The normalized spacial score (nSPS) is 15.7. The van der Waals surface area contributed by atoms with Crippen molar-refractivity contribution in [2.24, 2.45) is 0 Å². The molecule has 1 saturated heterocycles. The van der Waals surface area contributed by atoms with Gasteiger partial charge in [0, 0.05) is 32.2 Å². The Morgan fingerprint density at radius 2 is 1.65 bits per heavy atom. The SMILES string of the molecule is O=C(Nc1ccc(F)cc1F)N1CCN(S(=O)(=O)c2ccc(Cl)c(C(F)(F)F)c2)CC1. The lowest BCUT2D eigenvalue weighted by Crippen LogP contribution is -2.51. The number of carbonyl (C=O) groups is 1. The molecule has 13 heteroatoms. The molecule has 2 amide bonds. The van der Waals surface area contributed by atoms with Gasteiger partial charge in [0.2, 0.25) is 10.0 Å². The van der Waals surface area contributed by atoms with Gasteiger partial charge in [0.25, 0.3) is 0 Å². The second kappa shape index (κ2) is 8.60. The molecule has 2 aromatic carbocycles. The van der Waals surface area contributed by atoms with Gasteiger partial charge in [0.05, 0.1) is 21.2 Å². The summed E-state index contributed by atoms with van der Waals surface area (Å²) < 4.78 is 92.2. The van der Waals surface area contributed by atoms with E-state index in [0.29, 0.717) is 12.1 Å². The first-order valence-corrected chi connectivity index (χ1v) is 10.6. The Kier molecular flexibility index (Phi) is 6.44. The van der Waals surface area contributed by atoms with E-state index in [1.165, 1.54) is 4.90 Å². The number of amides is 2. The summed E-state index contributed by atoms with van der Waals surface area (Å²) in [5, 5.41) is 1.64. The van der Waals surface area contributed by atoms with Crippen LogP contribution >= 0.6 is 11.6 Å². The van der Waals surface area contributed by atoms with Gasteiger partial charge in [-0.05, 0) is 30.3 Å². The number of nitrogens with zero attached hydrogens (tertiary/aromatic N) is 2. The molecule has 1 aliphatic rings. The number of sulfonamides is 1. The predicted molar refractivity (Wildman–Crippen MR) is 102 cm³/mol. The molecular formula is C18H15ClF5N3O3S. The minimum Gasteiger partial charge on any atom is -0.322 e. The van der Waals surface area contributed by atoms with Crippen LogP contribution in [0.3, 0.4) is 0 Å². The lowest BCUT2D eigenvalue weighted by molar-refractivity contribution is -0.137. The van der Waals surface area contributed by atoms with Crippen LogP contribution in [0.25, 0.3) is 0 Å². The molecule has 0 spiro atoms. The van der Waals surface area contributed by atoms with Crippen LogP contribution in [-0.2, 0) is 16.2 Å². The molecule has 2 aromatic rings. The molecule has 0 atom stereocenters. The molecule has 31 heavy (non-hydrogen) atoms. The molecule has 1 heterocycles. The Bertz CT molecular complexity index is 1100. The number of hydrogen-bond acceptors (Lipinski definition) is 3. The number of nitrogens with one attached hydrogen (secondary N) is 1. The summed E-state index contributed by atoms with van der Waals surface area (Å²) in [7, 11) is -4.27. The molecule has 1 N–H and O–H groups in total. The topological polar surface area (TPSA) is 69.7 Å². The molecule has 0 aromatic heterocycles. The lowest BCUT2D eigenvalue weighted by Gasteiger charge is -2.34. The fraction of sp³-hybridized carbons (Fsp3) is 0.278. The maximum atomic E-state index is 13.7. The number of piperazine rings is 1. The molecule has 3 rings (SSSR count). The molecule has 0 saturated carbocycles. The van der Waals surface area contributed by atoms with Gasteiger partial charge in [-0.3, -0.25) is 0 Å². The molecule has 0 bridgehead atoms. The highest BCUT2D eigenvalue weighted by Gasteiger charge is 2.36. The number of alkyl halides is 3. The minimum atomic E-state index is -4.82. The smallest absolute Gasteiger partial charge is 0.322 e. The van der Waals surface area contributed by atoms with E-state index in [2.05, 4.69) is 5.32 Å². The highest BCUT2D eigenvalue weighted by atomic mass is 35.5. The van der Waals surface area contributed by atoms with Crippen LogP contribution in [-0.4, -0.2) is 49.8 Å². The van der Waals surface area contributed by atoms with Crippen LogP contribution in [0.1, 0.15) is 5.56 Å². The summed E-state index contributed by atoms with van der Waals surface area (Å²) in [6.07, 6.45) is -4.82. The summed E-state index contributed by atoms with van der Waals surface area (Å²) >= 11 is 5.53. The van der Waals surface area contributed by atoms with Gasteiger partial charge >= 0.3 is 12.2 Å². The van der Waals surface area contributed by atoms with Crippen molar-refractivity contribution in [3.05, 3.63) is 58.6 Å². The third-order valence-electron chi connectivity index (χ3n) is 4.58. The molecule has 0 aliphatic carbocycles. The summed E-state index contributed by atoms with van der Waals surface area (Å²) in [6.45, 7) is -0.557. The van der Waals surface area contributed by atoms with Gasteiger partial charge in [-0.25, -0.2) is 22.0 Å². The second-order valence-corrected chi connectivity index (χ2v) is 8.93. The average molecular weight is 484 g/mol. The number of urea groups is 1. The van der Waals surface area contributed by atoms with Crippen molar-refractivity contribution in [3.63, 3.8) is 0 Å². The van der Waals surface area contributed by atoms with Crippen molar-refractivity contribution in [1.29, 1.82) is 0 Å². The van der Waals surface area contributed by atoms with Crippen molar-refractivity contribution in [1.82, 2.24) is 9.21 Å². The number of rotatable bonds is 3. The first-order chi connectivity index (χ1) is 14.4. The largest absolute Gasteiger partial charge is 0.417 e. The Morgan fingerprint density at radius 3 is 2.23 bits per heavy atom. The molecule has 168 valence electrons. The summed E-state index contributed by atoms with van der Waals surface area (Å²) in [5.74, 6) is -1.79. The third kappa shape index (κ3) is 5.08. The molecule has 6 nitrogen and oxygen atoms in total. The Morgan fingerprint density at radius 1 is 1.00 bits per heavy atom. The summed E-state index contributed by atoms with van der Waals surface area (Å²) in [5.41, 5.74) is -1.52. The molecular weight excluding hydrogens is 469 g/mol. The van der Waals surface area contributed by atoms with Crippen molar-refractivity contribution >= 4 is 33.3 Å². The van der Waals surface area contributed by atoms with Gasteiger partial charge in [0.1, 0.15) is 11.6 Å². The first-order valence-electron chi connectivity index (χ1n) is 8.77. The third-order valence-corrected chi connectivity index (χ3v) is 6.80. The summed E-state index contributed by atoms with van der Waals surface area (Å²) in [6, 6.07) is 4.18. The maximum Gasteiger partial charge on any atom is 0.417 e. The fourth-order valence-electron chi connectivity index (χ4n) is 2.95. The molecule has 0 unspecified atom stereocenters. The van der Waals surface area contributed by atoms with E-state index >= 15 is 0 Å². The Labute approximate surface area is 179 Å². The van der Waals surface area contributed by atoms with Crippen LogP contribution in [0.5, 0.6) is 0 Å². The van der Waals surface area contributed by atoms with Gasteiger partial charge < -0.3 is 10.2 Å². The highest BCUT2D eigenvalue weighted by Crippen LogP contribution is 2.36. The van der Waals surface area contributed by atoms with Gasteiger partial charge in [-0.1, -0.05) is 11.6 Å². The second-order valence-electron chi connectivity index (χ2n) is 6.58. The monoisotopic (exact) mass is 483 g/mol. The lowest BCUT2D eigenvalue weighted by atomic mass is 10.2. The van der Waals surface area contributed by atoms with Crippen molar-refractivity contribution in [2.45, 2.75) is 11.1 Å². The Balaban J connectivity index is 1.69. The number of benzene rings is 2. The highest BCUT2D eigenvalue weighted by molar-refractivity contribution is 7.89. The predicted octanol–water partition coefficient (Wildman–Crippen LogP) is 4.18. The van der Waals surface area contributed by atoms with E-state index in [1.54, 1.807) is 0 Å². The minimum absolute atomic E-state index is 0.0897.